The maximum atomic E-state index is 5.57. The van der Waals surface area contributed by atoms with Crippen molar-refractivity contribution < 1.29 is 0 Å². The molecule has 0 saturated carbocycles. The van der Waals surface area contributed by atoms with Crippen LogP contribution in [-0.2, 0) is 0 Å². The minimum absolute atomic E-state index is 0.202. The number of hydrogen-bond acceptors (Lipinski definition) is 2. The van der Waals surface area contributed by atoms with Gasteiger partial charge in [-0.15, -0.1) is 0 Å². The van der Waals surface area contributed by atoms with E-state index < -0.39 is 0 Å². The molecule has 14 heavy (non-hydrogen) atoms. The van der Waals surface area contributed by atoms with Crippen LogP contribution in [0.2, 0.25) is 0 Å². The Kier molecular flexibility index (Phi) is 2.94. The highest BCUT2D eigenvalue weighted by Gasteiger charge is 2.04. The van der Waals surface area contributed by atoms with Gasteiger partial charge in [0, 0.05) is 6.20 Å². The predicted molar refractivity (Wildman–Crippen MR) is 61.9 cm³/mol. The molecule has 0 aromatic carbocycles. The van der Waals surface area contributed by atoms with E-state index in [2.05, 4.69) is 37.9 Å². The highest BCUT2D eigenvalue weighted by Crippen LogP contribution is 2.18. The molecule has 1 aromatic rings. The van der Waals surface area contributed by atoms with Gasteiger partial charge in [-0.05, 0) is 29.5 Å². The summed E-state index contributed by atoms with van der Waals surface area (Å²) in [7, 11) is 0. The number of nitrogen functional groups attached to an aromatic ring is 1. The van der Waals surface area contributed by atoms with Crippen molar-refractivity contribution in [2.45, 2.75) is 27.7 Å². The Morgan fingerprint density at radius 1 is 1.36 bits per heavy atom. The van der Waals surface area contributed by atoms with Gasteiger partial charge in [0.15, 0.2) is 0 Å². The summed E-state index contributed by atoms with van der Waals surface area (Å²) in [4.78, 5) is 4.07. The summed E-state index contributed by atoms with van der Waals surface area (Å²) in [6, 6.07) is 1.89. The van der Waals surface area contributed by atoms with Crippen molar-refractivity contribution in [3.8, 4) is 0 Å². The van der Waals surface area contributed by atoms with Crippen LogP contribution >= 0.6 is 0 Å². The summed E-state index contributed by atoms with van der Waals surface area (Å²) in [6.45, 7) is 8.55. The van der Waals surface area contributed by atoms with Crippen molar-refractivity contribution in [3.63, 3.8) is 0 Å². The van der Waals surface area contributed by atoms with E-state index in [1.165, 1.54) is 0 Å². The van der Waals surface area contributed by atoms with Gasteiger partial charge in [-0.3, -0.25) is 0 Å². The molecule has 0 amide bonds. The normalized spacial score (nSPS) is 12.3. The number of allylic oxidation sites excluding steroid dienone is 1. The Morgan fingerprint density at radius 2 is 2.00 bits per heavy atom. The van der Waals surface area contributed by atoms with Crippen LogP contribution in [0, 0.1) is 12.3 Å². The average molecular weight is 190 g/mol. The Labute approximate surface area is 85.9 Å². The molecule has 0 aliphatic rings. The van der Waals surface area contributed by atoms with Crippen LogP contribution in [0.1, 0.15) is 31.9 Å². The monoisotopic (exact) mass is 190 g/mol. The molecule has 2 N–H and O–H groups in total. The van der Waals surface area contributed by atoms with Gasteiger partial charge in [-0.1, -0.05) is 32.9 Å². The minimum atomic E-state index is 0.202. The van der Waals surface area contributed by atoms with Crippen LogP contribution in [0.25, 0.3) is 6.08 Å². The predicted octanol–water partition coefficient (Wildman–Crippen LogP) is 3.03. The smallest absolute Gasteiger partial charge is 0.123 e. The third-order valence-corrected chi connectivity index (χ3v) is 1.94. The van der Waals surface area contributed by atoms with Crippen LogP contribution in [0.4, 0.5) is 5.82 Å². The molecule has 0 saturated heterocycles. The zero-order chi connectivity index (χ0) is 10.8. The van der Waals surface area contributed by atoms with Crippen molar-refractivity contribution in [1.29, 1.82) is 0 Å². The summed E-state index contributed by atoms with van der Waals surface area (Å²) >= 11 is 0. The highest BCUT2D eigenvalue weighted by molar-refractivity contribution is 5.55. The van der Waals surface area contributed by atoms with Crippen LogP contribution < -0.4 is 5.73 Å². The number of anilines is 1. The zero-order valence-electron chi connectivity index (χ0n) is 9.33. The minimum Gasteiger partial charge on any atom is -0.384 e. The fourth-order valence-corrected chi connectivity index (χ4v) is 1.10. The topological polar surface area (TPSA) is 38.9 Å². The van der Waals surface area contributed by atoms with E-state index in [0.717, 1.165) is 11.1 Å². The first-order valence-electron chi connectivity index (χ1n) is 4.80. The van der Waals surface area contributed by atoms with Gasteiger partial charge in [-0.25, -0.2) is 4.98 Å². The van der Waals surface area contributed by atoms with Gasteiger partial charge in [0.25, 0.3) is 0 Å². The number of aryl methyl sites for hydroxylation is 1. The fourth-order valence-electron chi connectivity index (χ4n) is 1.10. The zero-order valence-corrected chi connectivity index (χ0v) is 9.33. The van der Waals surface area contributed by atoms with E-state index in [1.807, 2.05) is 19.2 Å². The van der Waals surface area contributed by atoms with Crippen LogP contribution in [0.3, 0.4) is 0 Å². The van der Waals surface area contributed by atoms with E-state index in [9.17, 15) is 0 Å². The molecule has 1 aromatic heterocycles. The van der Waals surface area contributed by atoms with E-state index in [-0.39, 0.29) is 5.41 Å². The second kappa shape index (κ2) is 3.82. The molecule has 1 heterocycles. The highest BCUT2D eigenvalue weighted by atomic mass is 14.8. The lowest BCUT2D eigenvalue weighted by Gasteiger charge is -2.11. The molecule has 0 unspecified atom stereocenters. The van der Waals surface area contributed by atoms with Gasteiger partial charge in [0.1, 0.15) is 5.82 Å². The molecule has 0 spiro atoms. The molecule has 0 fully saturated rings. The summed E-state index contributed by atoms with van der Waals surface area (Å²) in [5.74, 6) is 0.579. The fraction of sp³-hybridized carbons (Fsp3) is 0.417. The standard InChI is InChI=1S/C12H18N2/c1-9-7-11(13)14-8-10(9)5-6-12(2,3)4/h5-8H,1-4H3,(H2,13,14)/b6-5+. The summed E-state index contributed by atoms with van der Waals surface area (Å²) in [5.41, 5.74) is 8.07. The van der Waals surface area contributed by atoms with Crippen molar-refractivity contribution in [2.24, 2.45) is 5.41 Å². The largest absolute Gasteiger partial charge is 0.384 e. The number of rotatable bonds is 1. The Hall–Kier alpha value is -1.31. The third-order valence-electron chi connectivity index (χ3n) is 1.94. The van der Waals surface area contributed by atoms with Crippen LogP contribution in [0.5, 0.6) is 0 Å². The summed E-state index contributed by atoms with van der Waals surface area (Å²) in [5, 5.41) is 0. The van der Waals surface area contributed by atoms with E-state index in [4.69, 9.17) is 5.73 Å². The Bertz CT molecular complexity index is 346. The van der Waals surface area contributed by atoms with Crippen molar-refractivity contribution in [1.82, 2.24) is 4.98 Å². The molecule has 2 heteroatoms. The number of hydrogen-bond donors (Lipinski definition) is 1. The summed E-state index contributed by atoms with van der Waals surface area (Å²) < 4.78 is 0. The SMILES string of the molecule is Cc1cc(N)ncc1/C=C/C(C)(C)C. The molecule has 0 radical (unpaired) electrons. The van der Waals surface area contributed by atoms with Crippen molar-refractivity contribution >= 4 is 11.9 Å². The number of nitrogens with two attached hydrogens (primary N) is 1. The van der Waals surface area contributed by atoms with Gasteiger partial charge < -0.3 is 5.73 Å². The molecule has 2 nitrogen and oxygen atoms in total. The Balaban J connectivity index is 2.93. The maximum Gasteiger partial charge on any atom is 0.123 e. The van der Waals surface area contributed by atoms with E-state index in [0.29, 0.717) is 5.82 Å². The quantitative estimate of drug-likeness (QED) is 0.739. The number of pyridine rings is 1. The van der Waals surface area contributed by atoms with Crippen molar-refractivity contribution in [3.05, 3.63) is 29.5 Å². The lowest BCUT2D eigenvalue weighted by molar-refractivity contribution is 0.547. The van der Waals surface area contributed by atoms with Crippen LogP contribution in [-0.4, -0.2) is 4.98 Å². The Morgan fingerprint density at radius 3 is 2.50 bits per heavy atom. The first kappa shape index (κ1) is 10.8. The lowest BCUT2D eigenvalue weighted by Crippen LogP contribution is -1.98. The molecular formula is C12H18N2. The first-order chi connectivity index (χ1) is 6.38. The average Bonchev–Trinajstić information content (AvgIpc) is 2.00. The van der Waals surface area contributed by atoms with E-state index in [1.54, 1.807) is 0 Å². The maximum absolute atomic E-state index is 5.57. The molecule has 0 aliphatic heterocycles. The second-order valence-electron chi connectivity index (χ2n) is 4.67. The lowest BCUT2D eigenvalue weighted by atomic mass is 9.95. The molecular weight excluding hydrogens is 172 g/mol. The molecule has 0 bridgehead atoms. The number of nitrogens with zero attached hydrogens (tertiary/aromatic N) is 1. The van der Waals surface area contributed by atoms with E-state index >= 15 is 0 Å². The van der Waals surface area contributed by atoms with Gasteiger partial charge in [0.05, 0.1) is 0 Å². The molecule has 0 atom stereocenters. The second-order valence-corrected chi connectivity index (χ2v) is 4.67. The van der Waals surface area contributed by atoms with Gasteiger partial charge in [0.2, 0.25) is 0 Å². The molecule has 76 valence electrons. The third kappa shape index (κ3) is 3.21. The first-order valence-corrected chi connectivity index (χ1v) is 4.80. The van der Waals surface area contributed by atoms with Gasteiger partial charge >= 0.3 is 0 Å². The van der Waals surface area contributed by atoms with Crippen molar-refractivity contribution in [2.75, 3.05) is 5.73 Å². The van der Waals surface area contributed by atoms with Crippen LogP contribution in [0.15, 0.2) is 18.3 Å². The molecule has 1 rings (SSSR count). The molecule has 0 aliphatic carbocycles. The summed E-state index contributed by atoms with van der Waals surface area (Å²) in [6.07, 6.45) is 6.09. The number of aromatic nitrogens is 1. The van der Waals surface area contributed by atoms with Gasteiger partial charge in [-0.2, -0.15) is 0 Å².